The molecule has 218 valence electrons. The van der Waals surface area contributed by atoms with Crippen molar-refractivity contribution in [1.29, 1.82) is 0 Å². The molecule has 0 aliphatic carbocycles. The Labute approximate surface area is 237 Å². The highest BCUT2D eigenvalue weighted by molar-refractivity contribution is 7.89. The number of anilines is 1. The summed E-state index contributed by atoms with van der Waals surface area (Å²) < 4.78 is 49.6. The minimum absolute atomic E-state index is 0.0630. The number of piperazine rings is 2. The van der Waals surface area contributed by atoms with Crippen LogP contribution in [-0.4, -0.2) is 98.1 Å². The number of benzene rings is 2. The first-order chi connectivity index (χ1) is 19.7. The largest absolute Gasteiger partial charge is 0.450 e. The van der Waals surface area contributed by atoms with Gasteiger partial charge in [0.15, 0.2) is 0 Å². The number of amides is 2. The van der Waals surface area contributed by atoms with Crippen LogP contribution < -0.4 is 10.5 Å². The average Bonchev–Trinajstić information content (AvgIpc) is 2.99. The number of hydrogen-bond donors (Lipinski definition) is 0. The third-order valence-electron chi connectivity index (χ3n) is 7.47. The summed E-state index contributed by atoms with van der Waals surface area (Å²) in [6.07, 6.45) is 0.811. The first-order valence-corrected chi connectivity index (χ1v) is 15.0. The van der Waals surface area contributed by atoms with Crippen LogP contribution in [-0.2, 0) is 26.1 Å². The number of fused-ring (bicyclic) bond motifs is 1. The smallest absolute Gasteiger partial charge is 0.409 e. The van der Waals surface area contributed by atoms with E-state index in [2.05, 4.69) is 0 Å². The predicted molar refractivity (Wildman–Crippen MR) is 151 cm³/mol. The van der Waals surface area contributed by atoms with E-state index in [1.807, 2.05) is 0 Å². The topological polar surface area (TPSA) is 112 Å². The molecule has 11 nitrogen and oxygen atoms in total. The lowest BCUT2D eigenvalue weighted by atomic mass is 10.2. The minimum Gasteiger partial charge on any atom is -0.450 e. The van der Waals surface area contributed by atoms with Crippen molar-refractivity contribution in [3.05, 3.63) is 70.9 Å². The molecule has 13 heteroatoms. The number of rotatable bonds is 6. The van der Waals surface area contributed by atoms with Gasteiger partial charge in [-0.1, -0.05) is 30.3 Å². The van der Waals surface area contributed by atoms with E-state index in [0.717, 1.165) is 4.57 Å². The number of carbonyl (C=O) groups is 2. The summed E-state index contributed by atoms with van der Waals surface area (Å²) in [7, 11) is -4.06. The van der Waals surface area contributed by atoms with Crippen LogP contribution in [0.4, 0.5) is 14.9 Å². The average molecular weight is 586 g/mol. The van der Waals surface area contributed by atoms with Crippen LogP contribution in [0, 0.1) is 5.82 Å². The van der Waals surface area contributed by atoms with Crippen molar-refractivity contribution in [1.82, 2.24) is 18.7 Å². The maximum atomic E-state index is 14.3. The minimum atomic E-state index is -4.06. The molecule has 3 heterocycles. The molecule has 2 aliphatic rings. The number of para-hydroxylation sites is 1. The molecule has 2 aliphatic heterocycles. The second-order valence-corrected chi connectivity index (χ2v) is 11.8. The quantitative estimate of drug-likeness (QED) is 0.435. The Morgan fingerprint density at radius 1 is 0.854 bits per heavy atom. The van der Waals surface area contributed by atoms with E-state index in [-0.39, 0.29) is 66.7 Å². The van der Waals surface area contributed by atoms with Gasteiger partial charge in [0.2, 0.25) is 15.9 Å². The molecule has 2 saturated heterocycles. The zero-order chi connectivity index (χ0) is 29.1. The molecular formula is C28H32FN5O6S. The lowest BCUT2D eigenvalue weighted by molar-refractivity contribution is -0.133. The molecule has 2 aromatic carbocycles. The van der Waals surface area contributed by atoms with E-state index in [0.29, 0.717) is 31.9 Å². The second-order valence-electron chi connectivity index (χ2n) is 9.88. The number of sulfonamides is 1. The third kappa shape index (κ3) is 5.77. The van der Waals surface area contributed by atoms with Crippen LogP contribution in [0.25, 0.3) is 10.8 Å². The fraction of sp³-hybridized carbons (Fsp3) is 0.393. The van der Waals surface area contributed by atoms with Crippen molar-refractivity contribution in [3.63, 3.8) is 0 Å². The summed E-state index contributed by atoms with van der Waals surface area (Å²) >= 11 is 0. The van der Waals surface area contributed by atoms with Gasteiger partial charge in [-0.15, -0.1) is 0 Å². The van der Waals surface area contributed by atoms with E-state index >= 15 is 0 Å². The van der Waals surface area contributed by atoms with Gasteiger partial charge < -0.3 is 24.0 Å². The summed E-state index contributed by atoms with van der Waals surface area (Å²) in [5.41, 5.74) is -0.0485. The van der Waals surface area contributed by atoms with Gasteiger partial charge in [-0.2, -0.15) is 4.31 Å². The van der Waals surface area contributed by atoms with Crippen molar-refractivity contribution in [2.24, 2.45) is 0 Å². The zero-order valence-corrected chi connectivity index (χ0v) is 23.6. The molecule has 0 saturated carbocycles. The highest BCUT2D eigenvalue weighted by Crippen LogP contribution is 2.27. The second kappa shape index (κ2) is 11.9. The Morgan fingerprint density at radius 3 is 2.12 bits per heavy atom. The number of hydrogen-bond acceptors (Lipinski definition) is 7. The van der Waals surface area contributed by atoms with Crippen LogP contribution >= 0.6 is 0 Å². The van der Waals surface area contributed by atoms with Gasteiger partial charge in [0, 0.05) is 69.3 Å². The third-order valence-corrected chi connectivity index (χ3v) is 9.40. The molecule has 0 N–H and O–H groups in total. The van der Waals surface area contributed by atoms with Gasteiger partial charge in [0.25, 0.3) is 5.56 Å². The van der Waals surface area contributed by atoms with E-state index in [4.69, 9.17) is 4.74 Å². The van der Waals surface area contributed by atoms with Crippen molar-refractivity contribution in [2.75, 3.05) is 63.9 Å². The highest BCUT2D eigenvalue weighted by Gasteiger charge is 2.32. The number of pyridine rings is 1. The fourth-order valence-electron chi connectivity index (χ4n) is 5.25. The summed E-state index contributed by atoms with van der Waals surface area (Å²) in [5, 5.41) is 0.472. The van der Waals surface area contributed by atoms with Crippen LogP contribution in [0.3, 0.4) is 0 Å². The Morgan fingerprint density at radius 2 is 1.46 bits per heavy atom. The van der Waals surface area contributed by atoms with Gasteiger partial charge in [0.05, 0.1) is 12.3 Å². The monoisotopic (exact) mass is 585 g/mol. The van der Waals surface area contributed by atoms with E-state index in [1.165, 1.54) is 21.5 Å². The molecule has 0 radical (unpaired) electrons. The first-order valence-electron chi connectivity index (χ1n) is 13.5. The Balaban J connectivity index is 1.37. The van der Waals surface area contributed by atoms with Gasteiger partial charge >= 0.3 is 6.09 Å². The van der Waals surface area contributed by atoms with Crippen LogP contribution in [0.15, 0.2) is 64.4 Å². The van der Waals surface area contributed by atoms with Crippen molar-refractivity contribution in [3.8, 4) is 0 Å². The molecule has 0 bridgehead atoms. The summed E-state index contributed by atoms with van der Waals surface area (Å²) in [6, 6.07) is 12.8. The maximum absolute atomic E-state index is 14.3. The fourth-order valence-corrected chi connectivity index (χ4v) is 6.89. The maximum Gasteiger partial charge on any atom is 0.409 e. The molecule has 0 unspecified atom stereocenters. The van der Waals surface area contributed by atoms with E-state index < -0.39 is 21.7 Å². The Hall–Kier alpha value is -3.97. The molecule has 3 aromatic rings. The number of nitrogens with zero attached hydrogens (tertiary/aromatic N) is 5. The van der Waals surface area contributed by atoms with Gasteiger partial charge in [-0.3, -0.25) is 9.59 Å². The molecule has 2 amide bonds. The van der Waals surface area contributed by atoms with Crippen LogP contribution in [0.5, 0.6) is 0 Å². The normalized spacial score (nSPS) is 16.7. The van der Waals surface area contributed by atoms with Crippen molar-refractivity contribution in [2.45, 2.75) is 18.4 Å². The summed E-state index contributed by atoms with van der Waals surface area (Å²) in [6.45, 7) is 3.66. The zero-order valence-electron chi connectivity index (χ0n) is 22.7. The number of aromatic nitrogens is 1. The molecule has 0 atom stereocenters. The summed E-state index contributed by atoms with van der Waals surface area (Å²) in [4.78, 5) is 43.3. The number of ether oxygens (including phenoxy) is 1. The molecular weight excluding hydrogens is 553 g/mol. The summed E-state index contributed by atoms with van der Waals surface area (Å²) in [5.74, 6) is -0.721. The predicted octanol–water partition coefficient (Wildman–Crippen LogP) is 1.95. The van der Waals surface area contributed by atoms with Crippen LogP contribution in [0.1, 0.15) is 6.92 Å². The van der Waals surface area contributed by atoms with Crippen LogP contribution in [0.2, 0.25) is 0 Å². The first kappa shape index (κ1) is 28.6. The lowest BCUT2D eigenvalue weighted by Crippen LogP contribution is -2.51. The molecule has 0 spiro atoms. The van der Waals surface area contributed by atoms with Gasteiger partial charge in [0.1, 0.15) is 17.3 Å². The lowest BCUT2D eigenvalue weighted by Gasteiger charge is -2.35. The van der Waals surface area contributed by atoms with E-state index in [9.17, 15) is 27.2 Å². The Kier molecular flexibility index (Phi) is 8.27. The molecule has 2 fully saturated rings. The Bertz CT molecular complexity index is 1610. The van der Waals surface area contributed by atoms with Gasteiger partial charge in [-0.05, 0) is 25.1 Å². The standard InChI is InChI=1S/C28H32FN5O6S/c1-2-40-28(37)32-13-11-31(12-14-32)26(35)20-33-19-25(21-7-3-4-8-22(21)27(33)36)41(38,39)34-17-15-30(16-18-34)24-10-6-5-9-23(24)29/h3-10,19H,2,11-18,20H2,1H3. The van der Waals surface area contributed by atoms with E-state index in [1.54, 1.807) is 59.2 Å². The molecule has 41 heavy (non-hydrogen) atoms. The molecule has 1 aromatic heterocycles. The molecule has 5 rings (SSSR count). The van der Waals surface area contributed by atoms with Gasteiger partial charge in [-0.25, -0.2) is 17.6 Å². The SMILES string of the molecule is CCOC(=O)N1CCN(C(=O)Cn2cc(S(=O)(=O)N3CCN(c4ccccc4F)CC3)c3ccccc3c2=O)CC1. The van der Waals surface area contributed by atoms with Crippen molar-refractivity contribution >= 4 is 38.5 Å². The van der Waals surface area contributed by atoms with Crippen molar-refractivity contribution < 1.29 is 27.1 Å². The number of carbonyl (C=O) groups excluding carboxylic acids is 2. The number of halogens is 1. The highest BCUT2D eigenvalue weighted by atomic mass is 32.2.